The van der Waals surface area contributed by atoms with Crippen molar-refractivity contribution in [2.45, 2.75) is 65.2 Å². The lowest BCUT2D eigenvalue weighted by molar-refractivity contribution is 0.225. The minimum atomic E-state index is 0.614. The van der Waals surface area contributed by atoms with Crippen molar-refractivity contribution in [3.8, 4) is 0 Å². The van der Waals surface area contributed by atoms with Crippen molar-refractivity contribution in [2.24, 2.45) is 5.92 Å². The predicted molar refractivity (Wildman–Crippen MR) is 102 cm³/mol. The molecule has 0 aromatic heterocycles. The number of piperidine rings is 1. The second kappa shape index (κ2) is 9.93. The Morgan fingerprint density at radius 1 is 1.13 bits per heavy atom. The van der Waals surface area contributed by atoms with Gasteiger partial charge in [-0.15, -0.1) is 6.58 Å². The normalized spacial score (nSPS) is 17.1. The highest BCUT2D eigenvalue weighted by molar-refractivity contribution is 5.31. The Kier molecular flexibility index (Phi) is 7.88. The summed E-state index contributed by atoms with van der Waals surface area (Å²) in [5.41, 5.74) is 4.50. The average molecular weight is 314 g/mol. The molecule has 0 spiro atoms. The van der Waals surface area contributed by atoms with Crippen LogP contribution in [0.1, 0.15) is 62.1 Å². The number of unbranched alkanes of at least 4 members (excludes halogenated alkanes) is 1. The zero-order chi connectivity index (χ0) is 16.5. The lowest BCUT2D eigenvalue weighted by Crippen LogP contribution is -2.30. The maximum atomic E-state index is 3.90. The summed E-state index contributed by atoms with van der Waals surface area (Å²) in [5, 5.41) is 0. The van der Waals surface area contributed by atoms with Crippen molar-refractivity contribution in [1.82, 2.24) is 4.90 Å². The fraction of sp³-hybridized carbons (Fsp3) is 0.636. The molecule has 1 unspecified atom stereocenters. The third-order valence-electron chi connectivity index (χ3n) is 5.32. The Labute approximate surface area is 143 Å². The molecule has 1 heterocycles. The fourth-order valence-electron chi connectivity index (χ4n) is 3.50. The van der Waals surface area contributed by atoms with Gasteiger partial charge in [0.1, 0.15) is 0 Å². The molecule has 0 saturated carbocycles. The van der Waals surface area contributed by atoms with Crippen LogP contribution < -0.4 is 0 Å². The van der Waals surface area contributed by atoms with Crippen LogP contribution in [0.25, 0.3) is 0 Å². The third-order valence-corrected chi connectivity index (χ3v) is 5.32. The molecule has 23 heavy (non-hydrogen) atoms. The first-order chi connectivity index (χ1) is 11.2. The van der Waals surface area contributed by atoms with Crippen molar-refractivity contribution in [3.63, 3.8) is 0 Å². The fourth-order valence-corrected chi connectivity index (χ4v) is 3.50. The van der Waals surface area contributed by atoms with Gasteiger partial charge in [0.2, 0.25) is 0 Å². The van der Waals surface area contributed by atoms with Crippen LogP contribution in [-0.2, 0) is 12.8 Å². The van der Waals surface area contributed by atoms with Crippen molar-refractivity contribution >= 4 is 0 Å². The summed E-state index contributed by atoms with van der Waals surface area (Å²) in [6.45, 7) is 12.4. The van der Waals surface area contributed by atoms with E-state index in [1.807, 2.05) is 0 Å². The van der Waals surface area contributed by atoms with Gasteiger partial charge in [-0.3, -0.25) is 0 Å². The minimum Gasteiger partial charge on any atom is -0.303 e. The van der Waals surface area contributed by atoms with Gasteiger partial charge in [0.25, 0.3) is 0 Å². The van der Waals surface area contributed by atoms with Crippen LogP contribution in [0.5, 0.6) is 0 Å². The van der Waals surface area contributed by atoms with Crippen LogP contribution in [0.15, 0.2) is 30.9 Å². The number of aryl methyl sites for hydroxylation is 3. The minimum absolute atomic E-state index is 0.614. The molecule has 1 heteroatoms. The smallest absolute Gasteiger partial charge is 0.00186 e. The quantitative estimate of drug-likeness (QED) is 0.426. The zero-order valence-electron chi connectivity index (χ0n) is 15.3. The molecule has 1 nitrogen and oxygen atoms in total. The molecular formula is C22H35N. The van der Waals surface area contributed by atoms with Gasteiger partial charge >= 0.3 is 0 Å². The summed E-state index contributed by atoms with van der Waals surface area (Å²) in [6.07, 6.45) is 12.6. The van der Waals surface area contributed by atoms with Gasteiger partial charge in [0, 0.05) is 0 Å². The number of rotatable bonds is 9. The van der Waals surface area contributed by atoms with Gasteiger partial charge in [0.05, 0.1) is 0 Å². The highest BCUT2D eigenvalue weighted by Crippen LogP contribution is 2.18. The van der Waals surface area contributed by atoms with Crippen molar-refractivity contribution in [1.29, 1.82) is 0 Å². The van der Waals surface area contributed by atoms with E-state index >= 15 is 0 Å². The Hall–Kier alpha value is -1.08. The first kappa shape index (κ1) is 18.3. The molecule has 1 aromatic rings. The summed E-state index contributed by atoms with van der Waals surface area (Å²) < 4.78 is 0. The zero-order valence-corrected chi connectivity index (χ0v) is 15.3. The average Bonchev–Trinajstić information content (AvgIpc) is 2.59. The lowest BCUT2D eigenvalue weighted by Gasteiger charge is -2.26. The second-order valence-corrected chi connectivity index (χ2v) is 7.37. The van der Waals surface area contributed by atoms with Crippen LogP contribution in [0.3, 0.4) is 0 Å². The SMILES string of the molecule is C=CC(C)CCc1cc(CCCCN2CCCCC2)ccc1C. The monoisotopic (exact) mass is 313 g/mol. The largest absolute Gasteiger partial charge is 0.303 e. The molecule has 0 N–H and O–H groups in total. The summed E-state index contributed by atoms with van der Waals surface area (Å²) in [6, 6.07) is 7.09. The number of nitrogens with zero attached hydrogens (tertiary/aromatic N) is 1. The molecule has 1 fully saturated rings. The molecule has 1 atom stereocenters. The molecule has 0 radical (unpaired) electrons. The van der Waals surface area contributed by atoms with Crippen LogP contribution in [0.4, 0.5) is 0 Å². The van der Waals surface area contributed by atoms with Crippen LogP contribution >= 0.6 is 0 Å². The Bertz CT molecular complexity index is 471. The number of benzene rings is 1. The molecule has 1 aromatic carbocycles. The summed E-state index contributed by atoms with van der Waals surface area (Å²) in [4.78, 5) is 2.65. The van der Waals surface area contributed by atoms with E-state index < -0.39 is 0 Å². The van der Waals surface area contributed by atoms with Gasteiger partial charge in [-0.25, -0.2) is 0 Å². The highest BCUT2D eigenvalue weighted by Gasteiger charge is 2.09. The van der Waals surface area contributed by atoms with E-state index in [4.69, 9.17) is 0 Å². The van der Waals surface area contributed by atoms with Crippen molar-refractivity contribution < 1.29 is 0 Å². The standard InChI is InChI=1S/C22H35N/c1-4-19(2)11-14-22-18-21(13-12-20(22)3)10-6-9-17-23-15-7-5-8-16-23/h4,12-13,18-19H,1,5-11,14-17H2,2-3H3. The van der Waals surface area contributed by atoms with Gasteiger partial charge in [0.15, 0.2) is 0 Å². The van der Waals surface area contributed by atoms with E-state index in [1.54, 1.807) is 0 Å². The van der Waals surface area contributed by atoms with Crippen LogP contribution in [-0.4, -0.2) is 24.5 Å². The van der Waals surface area contributed by atoms with E-state index in [9.17, 15) is 0 Å². The Balaban J connectivity index is 1.74. The number of likely N-dealkylation sites (tertiary alicyclic amines) is 1. The second-order valence-electron chi connectivity index (χ2n) is 7.37. The molecule has 0 amide bonds. The number of hydrogen-bond donors (Lipinski definition) is 0. The third kappa shape index (κ3) is 6.51. The summed E-state index contributed by atoms with van der Waals surface area (Å²) >= 11 is 0. The molecule has 0 aliphatic carbocycles. The predicted octanol–water partition coefficient (Wildman–Crippen LogP) is 5.56. The highest BCUT2D eigenvalue weighted by atomic mass is 15.1. The maximum Gasteiger partial charge on any atom is -0.00186 e. The molecule has 1 aliphatic heterocycles. The van der Waals surface area contributed by atoms with E-state index in [2.05, 4.69) is 49.6 Å². The van der Waals surface area contributed by atoms with E-state index in [1.165, 1.54) is 87.7 Å². The van der Waals surface area contributed by atoms with Gasteiger partial charge < -0.3 is 4.90 Å². The van der Waals surface area contributed by atoms with E-state index in [0.717, 1.165) is 0 Å². The van der Waals surface area contributed by atoms with Crippen LogP contribution in [0, 0.1) is 12.8 Å². The van der Waals surface area contributed by atoms with Crippen molar-refractivity contribution in [3.05, 3.63) is 47.5 Å². The number of allylic oxidation sites excluding steroid dienone is 1. The summed E-state index contributed by atoms with van der Waals surface area (Å²) in [7, 11) is 0. The first-order valence-electron chi connectivity index (χ1n) is 9.62. The molecular weight excluding hydrogens is 278 g/mol. The summed E-state index contributed by atoms with van der Waals surface area (Å²) in [5.74, 6) is 0.614. The lowest BCUT2D eigenvalue weighted by atomic mass is 9.95. The molecule has 1 aliphatic rings. The van der Waals surface area contributed by atoms with Gasteiger partial charge in [-0.05, 0) is 94.1 Å². The first-order valence-corrected chi connectivity index (χ1v) is 9.62. The van der Waals surface area contributed by atoms with E-state index in [-0.39, 0.29) is 0 Å². The molecule has 2 rings (SSSR count). The van der Waals surface area contributed by atoms with Crippen LogP contribution in [0.2, 0.25) is 0 Å². The number of hydrogen-bond acceptors (Lipinski definition) is 1. The topological polar surface area (TPSA) is 3.24 Å². The Morgan fingerprint density at radius 3 is 2.65 bits per heavy atom. The molecule has 1 saturated heterocycles. The van der Waals surface area contributed by atoms with Gasteiger partial charge in [-0.1, -0.05) is 37.6 Å². The maximum absolute atomic E-state index is 3.90. The van der Waals surface area contributed by atoms with E-state index in [0.29, 0.717) is 5.92 Å². The van der Waals surface area contributed by atoms with Crippen molar-refractivity contribution in [2.75, 3.05) is 19.6 Å². The Morgan fingerprint density at radius 2 is 1.91 bits per heavy atom. The molecule has 0 bridgehead atoms. The molecule has 128 valence electrons. The van der Waals surface area contributed by atoms with Gasteiger partial charge in [-0.2, -0.15) is 0 Å².